The highest BCUT2D eigenvalue weighted by atomic mass is 17.2. The molecular weight excluding hydrogens is 380 g/mol. The average molecular weight is 421 g/mol. The summed E-state index contributed by atoms with van der Waals surface area (Å²) in [4.78, 5) is 22.3. The number of unbranched alkanes of at least 4 members (excludes halogenated alkanes) is 5. The van der Waals surface area contributed by atoms with Crippen LogP contribution in [0.4, 0.5) is 0 Å². The van der Waals surface area contributed by atoms with Gasteiger partial charge in [-0.2, -0.15) is 0 Å². The Morgan fingerprint density at radius 1 is 0.900 bits per heavy atom. The molecule has 2 saturated heterocycles. The summed E-state index contributed by atoms with van der Waals surface area (Å²) in [5, 5.41) is 0. The number of allylic oxidation sites excluding steroid dienone is 5. The van der Waals surface area contributed by atoms with Crippen LogP contribution in [0.1, 0.15) is 83.5 Å². The van der Waals surface area contributed by atoms with Crippen molar-refractivity contribution in [3.8, 4) is 0 Å². The van der Waals surface area contributed by atoms with Gasteiger partial charge in [-0.3, -0.25) is 4.79 Å². The van der Waals surface area contributed by atoms with Crippen molar-refractivity contribution in [3.63, 3.8) is 0 Å². The van der Waals surface area contributed by atoms with E-state index in [0.717, 1.165) is 51.4 Å². The molecule has 5 nitrogen and oxygen atoms in total. The van der Waals surface area contributed by atoms with Gasteiger partial charge >= 0.3 is 5.97 Å². The zero-order valence-electron chi connectivity index (χ0n) is 18.6. The van der Waals surface area contributed by atoms with Crippen molar-refractivity contribution in [3.05, 3.63) is 37.0 Å². The second kappa shape index (κ2) is 15.4. The molecule has 5 heteroatoms. The number of carbonyl (C=O) groups is 1. The second-order valence-corrected chi connectivity index (χ2v) is 8.30. The molecule has 2 fully saturated rings. The van der Waals surface area contributed by atoms with Gasteiger partial charge in [0.1, 0.15) is 12.2 Å². The third kappa shape index (κ3) is 10.1. The predicted molar refractivity (Wildman–Crippen MR) is 119 cm³/mol. The zero-order chi connectivity index (χ0) is 21.4. The van der Waals surface area contributed by atoms with E-state index in [4.69, 9.17) is 14.5 Å². The molecule has 0 unspecified atom stereocenters. The smallest absolute Gasteiger partial charge is 0.308 e. The molecule has 0 aromatic heterocycles. The van der Waals surface area contributed by atoms with Crippen molar-refractivity contribution >= 4 is 5.97 Å². The lowest BCUT2D eigenvalue weighted by Gasteiger charge is -2.30. The van der Waals surface area contributed by atoms with Crippen molar-refractivity contribution in [1.29, 1.82) is 0 Å². The molecule has 0 spiro atoms. The minimum Gasteiger partial charge on any atom is -0.469 e. The Morgan fingerprint density at radius 3 is 2.37 bits per heavy atom. The highest BCUT2D eigenvalue weighted by Crippen LogP contribution is 2.32. The highest BCUT2D eigenvalue weighted by molar-refractivity contribution is 5.69. The molecule has 170 valence electrons. The summed E-state index contributed by atoms with van der Waals surface area (Å²) >= 11 is 0. The van der Waals surface area contributed by atoms with Crippen LogP contribution in [0.15, 0.2) is 37.0 Å². The normalized spacial score (nSPS) is 27.1. The largest absolute Gasteiger partial charge is 0.469 e. The Kier molecular flexibility index (Phi) is 12.7. The Balaban J connectivity index is 1.46. The molecule has 0 bridgehead atoms. The number of carbonyl (C=O) groups excluding carboxylic acids is 1. The first kappa shape index (κ1) is 24.8. The third-order valence-corrected chi connectivity index (χ3v) is 5.83. The molecule has 0 aromatic rings. The van der Waals surface area contributed by atoms with Crippen LogP contribution >= 0.6 is 0 Å². The Bertz CT molecular complexity index is 534. The van der Waals surface area contributed by atoms with Gasteiger partial charge in [-0.25, -0.2) is 9.78 Å². The summed E-state index contributed by atoms with van der Waals surface area (Å²) in [7, 11) is 1.39. The number of hydrogen-bond acceptors (Lipinski definition) is 5. The lowest BCUT2D eigenvalue weighted by molar-refractivity contribution is -0.385. The third-order valence-electron chi connectivity index (χ3n) is 5.83. The van der Waals surface area contributed by atoms with Crippen LogP contribution < -0.4 is 0 Å². The molecular formula is C25H40O5. The summed E-state index contributed by atoms with van der Waals surface area (Å²) in [6.07, 6.45) is 24.5. The van der Waals surface area contributed by atoms with Crippen molar-refractivity contribution in [2.75, 3.05) is 7.11 Å². The molecule has 2 heterocycles. The molecule has 2 aliphatic heterocycles. The summed E-state index contributed by atoms with van der Waals surface area (Å²) in [6, 6.07) is 0. The van der Waals surface area contributed by atoms with Gasteiger partial charge in [-0.15, -0.1) is 6.58 Å². The molecule has 2 aliphatic rings. The van der Waals surface area contributed by atoms with Gasteiger partial charge < -0.3 is 9.47 Å². The topological polar surface area (TPSA) is 54.0 Å². The van der Waals surface area contributed by atoms with E-state index in [9.17, 15) is 4.79 Å². The summed E-state index contributed by atoms with van der Waals surface area (Å²) in [5.41, 5.74) is 0. The van der Waals surface area contributed by atoms with E-state index in [0.29, 0.717) is 6.10 Å². The number of esters is 1. The van der Waals surface area contributed by atoms with Crippen LogP contribution in [0.3, 0.4) is 0 Å². The molecule has 0 N–H and O–H groups in total. The van der Waals surface area contributed by atoms with Gasteiger partial charge in [0.2, 0.25) is 0 Å². The van der Waals surface area contributed by atoms with Crippen molar-refractivity contribution < 1.29 is 24.0 Å². The van der Waals surface area contributed by atoms with E-state index in [-0.39, 0.29) is 30.7 Å². The second-order valence-electron chi connectivity index (χ2n) is 8.30. The molecule has 2 rings (SSSR count). The molecule has 4 atom stereocenters. The number of rotatable bonds is 14. The summed E-state index contributed by atoms with van der Waals surface area (Å²) in [6.45, 7) is 3.72. The molecule has 30 heavy (non-hydrogen) atoms. The Hall–Kier alpha value is -1.43. The molecule has 0 aromatic carbocycles. The summed E-state index contributed by atoms with van der Waals surface area (Å²) < 4.78 is 10.9. The fraction of sp³-hybridized carbons (Fsp3) is 0.720. The minimum absolute atomic E-state index is 0.0125. The Labute approximate surface area is 182 Å². The maximum absolute atomic E-state index is 11.3. The zero-order valence-corrected chi connectivity index (χ0v) is 18.6. The number of hydrogen-bond donors (Lipinski definition) is 0. The van der Waals surface area contributed by atoms with Gasteiger partial charge in [0.15, 0.2) is 0 Å². The molecule has 0 radical (unpaired) electrons. The maximum Gasteiger partial charge on any atom is 0.308 e. The van der Waals surface area contributed by atoms with Crippen LogP contribution in [-0.2, 0) is 24.0 Å². The predicted octanol–water partition coefficient (Wildman–Crippen LogP) is 6.00. The fourth-order valence-electron chi connectivity index (χ4n) is 4.02. The molecule has 0 saturated carbocycles. The molecule has 0 amide bonds. The number of ether oxygens (including phenoxy) is 2. The van der Waals surface area contributed by atoms with Crippen LogP contribution in [0.5, 0.6) is 0 Å². The Morgan fingerprint density at radius 2 is 1.63 bits per heavy atom. The van der Waals surface area contributed by atoms with Gasteiger partial charge in [-0.1, -0.05) is 49.6 Å². The first-order valence-corrected chi connectivity index (χ1v) is 11.7. The maximum atomic E-state index is 11.3. The van der Waals surface area contributed by atoms with Crippen molar-refractivity contribution in [1.82, 2.24) is 0 Å². The first-order chi connectivity index (χ1) is 14.7. The van der Waals surface area contributed by atoms with Crippen LogP contribution in [0.25, 0.3) is 0 Å². The molecule has 0 aliphatic carbocycles. The van der Waals surface area contributed by atoms with Crippen molar-refractivity contribution in [2.24, 2.45) is 0 Å². The lowest BCUT2D eigenvalue weighted by Crippen LogP contribution is -2.37. The minimum atomic E-state index is -0.258. The van der Waals surface area contributed by atoms with Crippen LogP contribution in [0.2, 0.25) is 0 Å². The van der Waals surface area contributed by atoms with Crippen molar-refractivity contribution in [2.45, 2.75) is 108 Å². The average Bonchev–Trinajstić information content (AvgIpc) is 3.24. The van der Waals surface area contributed by atoms with E-state index < -0.39 is 0 Å². The quantitative estimate of drug-likeness (QED) is 0.113. The SMILES string of the molecule is C=CCC/C=C/C=C/CCCCCC[C@H]1CC[C@H]([C@@H]2CC[C@@H](CC(=O)OC)OO2)O1. The van der Waals surface area contributed by atoms with E-state index >= 15 is 0 Å². The first-order valence-electron chi connectivity index (χ1n) is 11.7. The van der Waals surface area contributed by atoms with Gasteiger partial charge in [0, 0.05) is 0 Å². The lowest BCUT2D eigenvalue weighted by atomic mass is 10.0. The van der Waals surface area contributed by atoms with Gasteiger partial charge in [0.25, 0.3) is 0 Å². The van der Waals surface area contributed by atoms with Crippen LogP contribution in [0, 0.1) is 0 Å². The number of methoxy groups -OCH3 is 1. The fourth-order valence-corrected chi connectivity index (χ4v) is 4.02. The van der Waals surface area contributed by atoms with E-state index in [1.807, 2.05) is 6.08 Å². The van der Waals surface area contributed by atoms with E-state index in [1.165, 1.54) is 32.8 Å². The van der Waals surface area contributed by atoms with E-state index in [1.54, 1.807) is 0 Å². The highest BCUT2D eigenvalue weighted by Gasteiger charge is 2.36. The van der Waals surface area contributed by atoms with Gasteiger partial charge in [-0.05, 0) is 57.8 Å². The van der Waals surface area contributed by atoms with E-state index in [2.05, 4.69) is 35.6 Å². The standard InChI is InChI=1S/C25H40O5/c1-3-4-5-6-7-8-9-10-11-12-13-14-15-21-16-18-23(28-21)24-19-17-22(29-30-24)20-25(26)27-2/h3,6-9,21-24H,1,4-5,10-20H2,2H3/b7-6+,9-8+/t21-,22-,23+,24-/m0/s1. The van der Waals surface area contributed by atoms with Crippen LogP contribution in [-0.4, -0.2) is 37.5 Å². The summed E-state index contributed by atoms with van der Waals surface area (Å²) in [5.74, 6) is -0.258. The monoisotopic (exact) mass is 420 g/mol. The van der Waals surface area contributed by atoms with Gasteiger partial charge in [0.05, 0.1) is 25.7 Å².